The Morgan fingerprint density at radius 1 is 1.32 bits per heavy atom. The highest BCUT2D eigenvalue weighted by atomic mass is 32.2. The van der Waals surface area contributed by atoms with Crippen LogP contribution in [0.5, 0.6) is 11.5 Å². The molecule has 2 rings (SSSR count). The zero-order chi connectivity index (χ0) is 13.9. The van der Waals surface area contributed by atoms with E-state index in [9.17, 15) is 13.5 Å². The van der Waals surface area contributed by atoms with Crippen LogP contribution in [0.3, 0.4) is 0 Å². The molecule has 0 aliphatic carbocycles. The smallest absolute Gasteiger partial charge is 0.160 e. The number of nitrogens with zero attached hydrogens (tertiary/aromatic N) is 1. The van der Waals surface area contributed by atoms with Crippen molar-refractivity contribution >= 4 is 9.84 Å². The van der Waals surface area contributed by atoms with E-state index in [0.717, 1.165) is 12.1 Å². The van der Waals surface area contributed by atoms with Gasteiger partial charge in [0.25, 0.3) is 0 Å². The van der Waals surface area contributed by atoms with Crippen LogP contribution in [0.2, 0.25) is 0 Å². The van der Waals surface area contributed by atoms with Gasteiger partial charge in [0.05, 0.1) is 18.6 Å². The lowest BCUT2D eigenvalue weighted by Crippen LogP contribution is -2.26. The van der Waals surface area contributed by atoms with E-state index in [1.54, 1.807) is 12.1 Å². The van der Waals surface area contributed by atoms with E-state index in [2.05, 4.69) is 4.90 Å². The molecule has 1 aliphatic heterocycles. The zero-order valence-electron chi connectivity index (χ0n) is 11.0. The third-order valence-corrected chi connectivity index (χ3v) is 5.01. The molecular formula is C13H19NO4S. The fourth-order valence-electron chi connectivity index (χ4n) is 2.24. The Labute approximate surface area is 113 Å². The van der Waals surface area contributed by atoms with Crippen LogP contribution >= 0.6 is 0 Å². The Kier molecular flexibility index (Phi) is 4.31. The van der Waals surface area contributed by atoms with Crippen LogP contribution in [0, 0.1) is 0 Å². The summed E-state index contributed by atoms with van der Waals surface area (Å²) < 4.78 is 28.0. The van der Waals surface area contributed by atoms with Gasteiger partial charge in [-0.05, 0) is 30.7 Å². The maximum Gasteiger partial charge on any atom is 0.160 e. The van der Waals surface area contributed by atoms with Crippen molar-refractivity contribution in [2.45, 2.75) is 13.0 Å². The molecule has 1 fully saturated rings. The zero-order valence-corrected chi connectivity index (χ0v) is 11.8. The number of benzene rings is 1. The summed E-state index contributed by atoms with van der Waals surface area (Å²) in [5.74, 6) is 1.05. The average molecular weight is 285 g/mol. The molecule has 1 aromatic rings. The van der Waals surface area contributed by atoms with Crippen LogP contribution in [0.1, 0.15) is 12.0 Å². The normalized spacial score (nSPS) is 19.8. The van der Waals surface area contributed by atoms with Gasteiger partial charge in [0, 0.05) is 13.1 Å². The van der Waals surface area contributed by atoms with Crippen molar-refractivity contribution in [1.29, 1.82) is 0 Å². The Bertz CT molecular complexity index is 542. The summed E-state index contributed by atoms with van der Waals surface area (Å²) in [6.45, 7) is 1.97. The number of phenols is 1. The molecule has 0 spiro atoms. The van der Waals surface area contributed by atoms with E-state index in [-0.39, 0.29) is 17.3 Å². The quantitative estimate of drug-likeness (QED) is 0.898. The summed E-state index contributed by atoms with van der Waals surface area (Å²) in [7, 11) is -1.37. The molecule has 5 nitrogen and oxygen atoms in total. The third kappa shape index (κ3) is 3.84. The number of hydrogen-bond donors (Lipinski definition) is 1. The molecule has 1 aromatic carbocycles. The molecule has 1 heterocycles. The topological polar surface area (TPSA) is 66.8 Å². The number of ether oxygens (including phenoxy) is 1. The lowest BCUT2D eigenvalue weighted by molar-refractivity contribution is 0.286. The SMILES string of the molecule is COc1ccc(CN2CCCS(=O)(=O)CC2)cc1O. The maximum atomic E-state index is 11.5. The van der Waals surface area contributed by atoms with E-state index in [0.29, 0.717) is 25.3 Å². The summed E-state index contributed by atoms with van der Waals surface area (Å²) in [6.07, 6.45) is 0.671. The number of rotatable bonds is 3. The molecule has 0 unspecified atom stereocenters. The average Bonchev–Trinajstić information content (AvgIpc) is 2.51. The molecule has 0 radical (unpaired) electrons. The van der Waals surface area contributed by atoms with Gasteiger partial charge in [-0.15, -0.1) is 0 Å². The minimum atomic E-state index is -2.87. The maximum absolute atomic E-state index is 11.5. The molecule has 0 saturated carbocycles. The predicted molar refractivity (Wildman–Crippen MR) is 73.2 cm³/mol. The first-order valence-electron chi connectivity index (χ1n) is 6.29. The van der Waals surface area contributed by atoms with Gasteiger partial charge in [0.1, 0.15) is 0 Å². The third-order valence-electron chi connectivity index (χ3n) is 3.30. The Balaban J connectivity index is 2.03. The molecule has 0 aromatic heterocycles. The van der Waals surface area contributed by atoms with Crippen molar-refractivity contribution in [2.24, 2.45) is 0 Å². The molecule has 1 aliphatic rings. The number of methoxy groups -OCH3 is 1. The fourth-order valence-corrected chi connectivity index (χ4v) is 3.55. The lowest BCUT2D eigenvalue weighted by Gasteiger charge is -2.19. The summed E-state index contributed by atoms with van der Waals surface area (Å²) in [6, 6.07) is 5.27. The number of aromatic hydroxyl groups is 1. The van der Waals surface area contributed by atoms with Gasteiger partial charge < -0.3 is 9.84 Å². The molecule has 1 saturated heterocycles. The number of sulfone groups is 1. The summed E-state index contributed by atoms with van der Waals surface area (Å²) in [4.78, 5) is 2.10. The summed E-state index contributed by atoms with van der Waals surface area (Å²) in [5, 5.41) is 9.72. The van der Waals surface area contributed by atoms with Gasteiger partial charge in [-0.1, -0.05) is 6.07 Å². The molecule has 0 bridgehead atoms. The molecule has 19 heavy (non-hydrogen) atoms. The second-order valence-electron chi connectivity index (χ2n) is 4.79. The second kappa shape index (κ2) is 5.79. The van der Waals surface area contributed by atoms with Crippen molar-refractivity contribution in [3.05, 3.63) is 23.8 Å². The summed E-state index contributed by atoms with van der Waals surface area (Å²) >= 11 is 0. The van der Waals surface area contributed by atoms with Crippen LogP contribution in [0.25, 0.3) is 0 Å². The van der Waals surface area contributed by atoms with Crippen LogP contribution < -0.4 is 4.74 Å². The van der Waals surface area contributed by atoms with Crippen LogP contribution in [-0.2, 0) is 16.4 Å². The Morgan fingerprint density at radius 3 is 2.79 bits per heavy atom. The molecule has 1 N–H and O–H groups in total. The Morgan fingerprint density at radius 2 is 2.11 bits per heavy atom. The lowest BCUT2D eigenvalue weighted by atomic mass is 10.2. The molecule has 0 amide bonds. The molecular weight excluding hydrogens is 266 g/mol. The predicted octanol–water partition coefficient (Wildman–Crippen LogP) is 1.02. The van der Waals surface area contributed by atoms with Gasteiger partial charge in [0.2, 0.25) is 0 Å². The second-order valence-corrected chi connectivity index (χ2v) is 7.09. The molecule has 0 atom stereocenters. The fraction of sp³-hybridized carbons (Fsp3) is 0.538. The van der Waals surface area contributed by atoms with Crippen LogP contribution in [0.15, 0.2) is 18.2 Å². The van der Waals surface area contributed by atoms with Crippen molar-refractivity contribution in [3.63, 3.8) is 0 Å². The first-order chi connectivity index (χ1) is 9.00. The first kappa shape index (κ1) is 14.1. The van der Waals surface area contributed by atoms with Gasteiger partial charge in [0.15, 0.2) is 21.3 Å². The van der Waals surface area contributed by atoms with Crippen LogP contribution in [0.4, 0.5) is 0 Å². The van der Waals surface area contributed by atoms with Gasteiger partial charge in [-0.3, -0.25) is 4.90 Å². The minimum absolute atomic E-state index is 0.113. The summed E-state index contributed by atoms with van der Waals surface area (Å²) in [5.41, 5.74) is 0.956. The Hall–Kier alpha value is -1.27. The van der Waals surface area contributed by atoms with Crippen LogP contribution in [-0.4, -0.2) is 50.1 Å². The number of phenolic OH excluding ortho intramolecular Hbond substituents is 1. The molecule has 6 heteroatoms. The minimum Gasteiger partial charge on any atom is -0.504 e. The first-order valence-corrected chi connectivity index (χ1v) is 8.11. The van der Waals surface area contributed by atoms with Crippen molar-refractivity contribution in [1.82, 2.24) is 4.90 Å². The van der Waals surface area contributed by atoms with E-state index < -0.39 is 9.84 Å². The largest absolute Gasteiger partial charge is 0.504 e. The van der Waals surface area contributed by atoms with E-state index in [4.69, 9.17) is 4.74 Å². The van der Waals surface area contributed by atoms with Gasteiger partial charge in [-0.25, -0.2) is 8.42 Å². The monoisotopic (exact) mass is 285 g/mol. The number of hydrogen-bond acceptors (Lipinski definition) is 5. The van der Waals surface area contributed by atoms with Crippen molar-refractivity contribution < 1.29 is 18.3 Å². The van der Waals surface area contributed by atoms with E-state index in [1.165, 1.54) is 7.11 Å². The highest BCUT2D eigenvalue weighted by Crippen LogP contribution is 2.26. The van der Waals surface area contributed by atoms with Crippen molar-refractivity contribution in [3.8, 4) is 11.5 Å². The highest BCUT2D eigenvalue weighted by Gasteiger charge is 2.19. The standard InChI is InChI=1S/C13H19NO4S/c1-18-13-4-3-11(9-12(13)15)10-14-5-2-7-19(16,17)8-6-14/h3-4,9,15H,2,5-8,10H2,1H3. The van der Waals surface area contributed by atoms with E-state index >= 15 is 0 Å². The van der Waals surface area contributed by atoms with E-state index in [1.807, 2.05) is 6.07 Å². The molecule has 106 valence electrons. The highest BCUT2D eigenvalue weighted by molar-refractivity contribution is 7.91. The van der Waals surface area contributed by atoms with Crippen molar-refractivity contribution in [2.75, 3.05) is 31.7 Å². The van der Waals surface area contributed by atoms with Gasteiger partial charge in [-0.2, -0.15) is 0 Å². The van der Waals surface area contributed by atoms with Gasteiger partial charge >= 0.3 is 0 Å².